The molecular formula is C21H29ClN4OS. The van der Waals surface area contributed by atoms with Crippen LogP contribution in [0.1, 0.15) is 38.5 Å². The fourth-order valence-electron chi connectivity index (χ4n) is 4.40. The normalized spacial score (nSPS) is 20.3. The van der Waals surface area contributed by atoms with Crippen molar-refractivity contribution in [2.45, 2.75) is 53.7 Å². The zero-order chi connectivity index (χ0) is 18.6. The Morgan fingerprint density at radius 1 is 1.11 bits per heavy atom. The first-order chi connectivity index (χ1) is 13.2. The van der Waals surface area contributed by atoms with Gasteiger partial charge >= 0.3 is 0 Å². The number of nitrogens with zero attached hydrogens (tertiary/aromatic N) is 2. The van der Waals surface area contributed by atoms with Crippen LogP contribution in [0.2, 0.25) is 0 Å². The molecule has 1 amide bonds. The largest absolute Gasteiger partial charge is 0.353 e. The number of carbonyl (C=O) groups is 1. The lowest BCUT2D eigenvalue weighted by Crippen LogP contribution is -2.56. The Kier molecular flexibility index (Phi) is 7.07. The third-order valence-electron chi connectivity index (χ3n) is 5.96. The lowest BCUT2D eigenvalue weighted by atomic mass is 9.87. The second kappa shape index (κ2) is 9.33. The zero-order valence-electron chi connectivity index (χ0n) is 16.1. The molecule has 1 aromatic heterocycles. The van der Waals surface area contributed by atoms with Crippen LogP contribution in [0.25, 0.3) is 0 Å². The molecule has 2 fully saturated rings. The summed E-state index contributed by atoms with van der Waals surface area (Å²) < 4.78 is 1.98. The zero-order valence-corrected chi connectivity index (χ0v) is 17.7. The van der Waals surface area contributed by atoms with Crippen LogP contribution in [-0.2, 0) is 10.3 Å². The van der Waals surface area contributed by atoms with Gasteiger partial charge in [0.1, 0.15) is 5.54 Å². The number of rotatable bonds is 6. The molecule has 1 aromatic carbocycles. The molecule has 2 aliphatic rings. The summed E-state index contributed by atoms with van der Waals surface area (Å²) >= 11 is 1.93. The van der Waals surface area contributed by atoms with Crippen LogP contribution in [0.4, 0.5) is 0 Å². The summed E-state index contributed by atoms with van der Waals surface area (Å²) in [5.74, 6) is 0.118. The number of thioether (sulfide) groups is 1. The first kappa shape index (κ1) is 21.2. The molecule has 4 rings (SSSR count). The van der Waals surface area contributed by atoms with Crippen molar-refractivity contribution >= 4 is 30.1 Å². The van der Waals surface area contributed by atoms with E-state index in [-0.39, 0.29) is 23.1 Å². The van der Waals surface area contributed by atoms with E-state index in [1.807, 2.05) is 28.7 Å². The smallest absolute Gasteiger partial charge is 0.248 e. The van der Waals surface area contributed by atoms with E-state index in [1.165, 1.54) is 17.7 Å². The standard InChI is InChI=1S/C21H28N4OS.ClH/c26-19(21(11-14-22-15-12-21)25-16-6-13-24-25)23-17-20(9-4-5-10-20)27-18-7-2-1-3-8-18;/h1-3,6-8,13,16,22H,4-5,9-12,14-15,17H2,(H,23,26);1H. The van der Waals surface area contributed by atoms with Gasteiger partial charge in [0.2, 0.25) is 5.91 Å². The van der Waals surface area contributed by atoms with Gasteiger partial charge in [0, 0.05) is 28.6 Å². The average Bonchev–Trinajstić information content (AvgIpc) is 3.40. The van der Waals surface area contributed by atoms with Gasteiger partial charge < -0.3 is 10.6 Å². The van der Waals surface area contributed by atoms with Gasteiger partial charge in [0.05, 0.1) is 0 Å². The number of hydrogen-bond donors (Lipinski definition) is 2. The maximum atomic E-state index is 13.4. The number of benzene rings is 1. The molecule has 7 heteroatoms. The van der Waals surface area contributed by atoms with Crippen molar-refractivity contribution in [3.8, 4) is 0 Å². The van der Waals surface area contributed by atoms with Crippen molar-refractivity contribution in [2.75, 3.05) is 19.6 Å². The molecular weight excluding hydrogens is 392 g/mol. The number of nitrogens with one attached hydrogen (secondary N) is 2. The Morgan fingerprint density at radius 2 is 1.82 bits per heavy atom. The van der Waals surface area contributed by atoms with E-state index in [0.29, 0.717) is 0 Å². The molecule has 2 heterocycles. The monoisotopic (exact) mass is 420 g/mol. The summed E-state index contributed by atoms with van der Waals surface area (Å²) in [5, 5.41) is 11.1. The molecule has 0 bridgehead atoms. The Bertz CT molecular complexity index is 741. The SMILES string of the molecule is Cl.O=C(NCC1(Sc2ccccc2)CCCC1)C1(n2cccn2)CCNCC1. The van der Waals surface area contributed by atoms with E-state index in [2.05, 4.69) is 46.1 Å². The molecule has 1 aliphatic heterocycles. The van der Waals surface area contributed by atoms with Crippen LogP contribution in [0, 0.1) is 0 Å². The average molecular weight is 421 g/mol. The molecule has 152 valence electrons. The minimum atomic E-state index is -0.564. The second-order valence-electron chi connectivity index (χ2n) is 7.72. The van der Waals surface area contributed by atoms with E-state index in [1.54, 1.807) is 6.20 Å². The van der Waals surface area contributed by atoms with E-state index in [4.69, 9.17) is 0 Å². The van der Waals surface area contributed by atoms with Crippen LogP contribution in [0.3, 0.4) is 0 Å². The molecule has 1 aliphatic carbocycles. The van der Waals surface area contributed by atoms with E-state index in [9.17, 15) is 4.79 Å². The Labute approximate surface area is 177 Å². The van der Waals surface area contributed by atoms with Crippen molar-refractivity contribution in [3.63, 3.8) is 0 Å². The van der Waals surface area contributed by atoms with Crippen molar-refractivity contribution in [1.82, 2.24) is 20.4 Å². The molecule has 5 nitrogen and oxygen atoms in total. The Morgan fingerprint density at radius 3 is 2.46 bits per heavy atom. The molecule has 2 aromatic rings. The highest BCUT2D eigenvalue weighted by Gasteiger charge is 2.43. The van der Waals surface area contributed by atoms with E-state index < -0.39 is 5.54 Å². The van der Waals surface area contributed by atoms with Crippen LogP contribution in [0.5, 0.6) is 0 Å². The number of aromatic nitrogens is 2. The second-order valence-corrected chi connectivity index (χ2v) is 9.26. The van der Waals surface area contributed by atoms with Crippen molar-refractivity contribution in [2.24, 2.45) is 0 Å². The summed E-state index contributed by atoms with van der Waals surface area (Å²) in [6.45, 7) is 2.41. The van der Waals surface area contributed by atoms with Gasteiger partial charge in [-0.2, -0.15) is 5.10 Å². The first-order valence-electron chi connectivity index (χ1n) is 9.96. The molecule has 0 spiro atoms. The highest BCUT2D eigenvalue weighted by atomic mass is 35.5. The molecule has 0 atom stereocenters. The van der Waals surface area contributed by atoms with E-state index in [0.717, 1.165) is 45.3 Å². The van der Waals surface area contributed by atoms with Gasteiger partial charge in [0.25, 0.3) is 0 Å². The maximum absolute atomic E-state index is 13.4. The van der Waals surface area contributed by atoms with Crippen molar-refractivity contribution < 1.29 is 4.79 Å². The fraction of sp³-hybridized carbons (Fsp3) is 0.524. The van der Waals surface area contributed by atoms with Gasteiger partial charge in [-0.1, -0.05) is 31.0 Å². The van der Waals surface area contributed by atoms with E-state index >= 15 is 0 Å². The molecule has 28 heavy (non-hydrogen) atoms. The van der Waals surface area contributed by atoms with Crippen molar-refractivity contribution in [1.29, 1.82) is 0 Å². The first-order valence-corrected chi connectivity index (χ1v) is 10.8. The van der Waals surface area contributed by atoms with Crippen molar-refractivity contribution in [3.05, 3.63) is 48.8 Å². The van der Waals surface area contributed by atoms with Crippen LogP contribution < -0.4 is 10.6 Å². The minimum Gasteiger partial charge on any atom is -0.353 e. The third-order valence-corrected chi connectivity index (χ3v) is 7.45. The summed E-state index contributed by atoms with van der Waals surface area (Å²) in [7, 11) is 0. The molecule has 1 saturated heterocycles. The number of carbonyl (C=O) groups excluding carboxylic acids is 1. The Hall–Kier alpha value is -1.50. The predicted octanol–water partition coefficient (Wildman–Crippen LogP) is 3.60. The topological polar surface area (TPSA) is 59.0 Å². The van der Waals surface area contributed by atoms with Gasteiger partial charge in [-0.25, -0.2) is 0 Å². The fourth-order valence-corrected chi connectivity index (χ4v) is 5.83. The quantitative estimate of drug-likeness (QED) is 0.749. The highest BCUT2D eigenvalue weighted by molar-refractivity contribution is 8.00. The lowest BCUT2D eigenvalue weighted by molar-refractivity contribution is -0.132. The summed E-state index contributed by atoms with van der Waals surface area (Å²) in [4.78, 5) is 14.7. The van der Waals surface area contributed by atoms with Crippen LogP contribution >= 0.6 is 24.2 Å². The van der Waals surface area contributed by atoms with Crippen LogP contribution in [0.15, 0.2) is 53.7 Å². The highest BCUT2D eigenvalue weighted by Crippen LogP contribution is 2.45. The third kappa shape index (κ3) is 4.39. The molecule has 2 N–H and O–H groups in total. The Balaban J connectivity index is 0.00000225. The van der Waals surface area contributed by atoms with Crippen LogP contribution in [-0.4, -0.2) is 40.1 Å². The summed E-state index contributed by atoms with van der Waals surface area (Å²) in [6, 6.07) is 12.5. The minimum absolute atomic E-state index is 0. The van der Waals surface area contributed by atoms with Gasteiger partial charge in [-0.15, -0.1) is 24.2 Å². The maximum Gasteiger partial charge on any atom is 0.248 e. The molecule has 1 saturated carbocycles. The number of piperidine rings is 1. The van der Waals surface area contributed by atoms with Gasteiger partial charge in [0.15, 0.2) is 0 Å². The molecule has 0 radical (unpaired) electrons. The predicted molar refractivity (Wildman–Crippen MR) is 116 cm³/mol. The van der Waals surface area contributed by atoms with Gasteiger partial charge in [-0.3, -0.25) is 9.48 Å². The number of hydrogen-bond acceptors (Lipinski definition) is 4. The summed E-state index contributed by atoms with van der Waals surface area (Å²) in [6.07, 6.45) is 10.0. The lowest BCUT2D eigenvalue weighted by Gasteiger charge is -2.38. The van der Waals surface area contributed by atoms with Gasteiger partial charge in [-0.05, 0) is 57.0 Å². The molecule has 0 unspecified atom stereocenters. The number of amides is 1. The number of halogens is 1. The summed E-state index contributed by atoms with van der Waals surface area (Å²) in [5.41, 5.74) is -0.564.